The van der Waals surface area contributed by atoms with Crippen molar-refractivity contribution in [3.8, 4) is 0 Å². The monoisotopic (exact) mass is 378 g/mol. The Kier molecular flexibility index (Phi) is 4.07. The maximum atomic E-state index is 10.2. The quantitative estimate of drug-likeness (QED) is 0.860. The summed E-state index contributed by atoms with van der Waals surface area (Å²) in [7, 11) is 0. The Hall–Kier alpha value is -2.57. The maximum Gasteiger partial charge on any atom is 0.134 e. The van der Waals surface area contributed by atoms with Crippen LogP contribution in [0.4, 0.5) is 11.5 Å². The smallest absolute Gasteiger partial charge is 0.134 e. The second kappa shape index (κ2) is 6.50. The largest absolute Gasteiger partial charge is 0.386 e. The number of nitrogens with zero attached hydrogens (tertiary/aromatic N) is 3. The second-order valence-corrected chi connectivity index (χ2v) is 8.19. The molecule has 2 aromatic rings. The van der Waals surface area contributed by atoms with Gasteiger partial charge in [0.05, 0.1) is 22.7 Å². The number of hydrogen-bond acceptors (Lipinski definition) is 5. The first-order chi connectivity index (χ1) is 13.5. The molecular formula is C22H26N4O2. The van der Waals surface area contributed by atoms with Crippen LogP contribution >= 0.6 is 0 Å². The average molecular weight is 378 g/mol. The third-order valence-corrected chi connectivity index (χ3v) is 5.87. The zero-order chi connectivity index (χ0) is 19.3. The highest BCUT2D eigenvalue weighted by atomic mass is 16.5. The van der Waals surface area contributed by atoms with Gasteiger partial charge >= 0.3 is 0 Å². The topological polar surface area (TPSA) is 64.1 Å². The van der Waals surface area contributed by atoms with Crippen LogP contribution in [0.2, 0.25) is 0 Å². The summed E-state index contributed by atoms with van der Waals surface area (Å²) in [5.74, 6) is 1.14. The van der Waals surface area contributed by atoms with E-state index in [4.69, 9.17) is 9.73 Å². The summed E-state index contributed by atoms with van der Waals surface area (Å²) in [5, 5.41) is 10.2. The van der Waals surface area contributed by atoms with E-state index in [1.807, 2.05) is 18.3 Å². The fourth-order valence-electron chi connectivity index (χ4n) is 4.26. The molecule has 146 valence electrons. The Morgan fingerprint density at radius 3 is 2.61 bits per heavy atom. The van der Waals surface area contributed by atoms with E-state index >= 15 is 0 Å². The molecule has 3 aliphatic heterocycles. The van der Waals surface area contributed by atoms with E-state index in [-0.39, 0.29) is 0 Å². The molecule has 1 fully saturated rings. The zero-order valence-electron chi connectivity index (χ0n) is 16.4. The van der Waals surface area contributed by atoms with Crippen molar-refractivity contribution in [1.82, 2.24) is 4.98 Å². The first-order valence-corrected chi connectivity index (χ1v) is 9.93. The number of allylic oxidation sites excluding steroid dienone is 1. The molecule has 5 rings (SSSR count). The van der Waals surface area contributed by atoms with Gasteiger partial charge in [0.15, 0.2) is 0 Å². The average Bonchev–Trinajstić information content (AvgIpc) is 3.34. The molecule has 6 nitrogen and oxygen atoms in total. The molecule has 0 saturated carbocycles. The van der Waals surface area contributed by atoms with E-state index in [0.717, 1.165) is 54.4 Å². The lowest BCUT2D eigenvalue weighted by molar-refractivity contribution is 0.0786. The first kappa shape index (κ1) is 17.5. The third-order valence-electron chi connectivity index (χ3n) is 5.87. The number of nitrogens with one attached hydrogen (secondary N) is 1. The summed E-state index contributed by atoms with van der Waals surface area (Å²) in [6.45, 7) is 5.85. The van der Waals surface area contributed by atoms with E-state index in [1.54, 1.807) is 13.8 Å². The predicted molar refractivity (Wildman–Crippen MR) is 111 cm³/mol. The molecule has 1 aromatic carbocycles. The minimum Gasteiger partial charge on any atom is -0.386 e. The van der Waals surface area contributed by atoms with Crippen molar-refractivity contribution in [1.29, 1.82) is 0 Å². The number of aliphatic hydroxyl groups is 1. The van der Waals surface area contributed by atoms with Gasteiger partial charge in [-0.15, -0.1) is 0 Å². The Labute approximate surface area is 165 Å². The molecular weight excluding hydrogens is 352 g/mol. The van der Waals surface area contributed by atoms with Crippen LogP contribution in [-0.4, -0.2) is 41.7 Å². The van der Waals surface area contributed by atoms with Gasteiger partial charge in [0.25, 0.3) is 0 Å². The lowest BCUT2D eigenvalue weighted by Gasteiger charge is -2.38. The van der Waals surface area contributed by atoms with Crippen LogP contribution in [0.1, 0.15) is 37.8 Å². The van der Waals surface area contributed by atoms with E-state index in [9.17, 15) is 5.11 Å². The van der Waals surface area contributed by atoms with Crippen molar-refractivity contribution >= 4 is 17.2 Å². The van der Waals surface area contributed by atoms with Gasteiger partial charge in [0.2, 0.25) is 0 Å². The van der Waals surface area contributed by atoms with Crippen LogP contribution in [0.3, 0.4) is 0 Å². The number of H-pyrrole nitrogens is 1. The summed E-state index contributed by atoms with van der Waals surface area (Å²) < 4.78 is 5.56. The number of aromatic nitrogens is 1. The van der Waals surface area contributed by atoms with Gasteiger partial charge in [-0.2, -0.15) is 0 Å². The molecule has 28 heavy (non-hydrogen) atoms. The molecule has 0 bridgehead atoms. The van der Waals surface area contributed by atoms with E-state index < -0.39 is 5.60 Å². The van der Waals surface area contributed by atoms with Gasteiger partial charge < -0.3 is 24.6 Å². The highest BCUT2D eigenvalue weighted by Gasteiger charge is 2.35. The van der Waals surface area contributed by atoms with Gasteiger partial charge in [0.1, 0.15) is 12.5 Å². The van der Waals surface area contributed by atoms with Crippen LogP contribution in [0.25, 0.3) is 0 Å². The number of aromatic amines is 1. The molecule has 6 heteroatoms. The lowest BCUT2D eigenvalue weighted by Crippen LogP contribution is -2.40. The van der Waals surface area contributed by atoms with Gasteiger partial charge in [-0.05, 0) is 38.3 Å². The molecule has 0 aliphatic carbocycles. The van der Waals surface area contributed by atoms with Crippen LogP contribution in [0.5, 0.6) is 0 Å². The minimum absolute atomic E-state index is 0.431. The third kappa shape index (κ3) is 2.84. The van der Waals surface area contributed by atoms with E-state index in [1.165, 1.54) is 5.69 Å². The Morgan fingerprint density at radius 2 is 1.89 bits per heavy atom. The van der Waals surface area contributed by atoms with Crippen molar-refractivity contribution < 1.29 is 9.84 Å². The molecule has 1 saturated heterocycles. The Balaban J connectivity index is 1.50. The number of hydrogen-bond donors (Lipinski definition) is 2. The minimum atomic E-state index is -0.841. The molecule has 2 N–H and O–H groups in total. The standard InChI is InChI=1S/C22H26N4O2/c1-22(2,27)16-5-3-15(4-6-16)20-19-13-25(17-8-11-28-12-9-17)21-18(7-10-23-21)26(19)14-24-20/h3-7,10,13,17,23,27H,8-9,11-12,14H2,1-2H3. The summed E-state index contributed by atoms with van der Waals surface area (Å²) >= 11 is 0. The molecule has 0 amide bonds. The van der Waals surface area contributed by atoms with Gasteiger partial charge in [-0.1, -0.05) is 24.3 Å². The number of anilines is 2. The van der Waals surface area contributed by atoms with Gasteiger partial charge in [-0.3, -0.25) is 4.99 Å². The number of benzene rings is 1. The molecule has 0 radical (unpaired) electrons. The molecule has 1 aromatic heterocycles. The fraction of sp³-hybridized carbons (Fsp3) is 0.409. The molecule has 3 aliphatic rings. The summed E-state index contributed by atoms with van der Waals surface area (Å²) in [5.41, 5.74) is 4.46. The summed E-state index contributed by atoms with van der Waals surface area (Å²) in [4.78, 5) is 12.9. The maximum absolute atomic E-state index is 10.2. The fourth-order valence-corrected chi connectivity index (χ4v) is 4.26. The van der Waals surface area contributed by atoms with E-state index in [2.05, 4.69) is 39.2 Å². The number of ether oxygens (including phenoxy) is 1. The Morgan fingerprint density at radius 1 is 1.14 bits per heavy atom. The summed E-state index contributed by atoms with van der Waals surface area (Å²) in [6, 6.07) is 10.7. The Bertz CT molecular complexity index is 930. The zero-order valence-corrected chi connectivity index (χ0v) is 16.4. The van der Waals surface area contributed by atoms with Crippen molar-refractivity contribution in [2.24, 2.45) is 4.99 Å². The van der Waals surface area contributed by atoms with Gasteiger partial charge in [-0.25, -0.2) is 0 Å². The lowest BCUT2D eigenvalue weighted by atomic mass is 9.95. The van der Waals surface area contributed by atoms with Gasteiger partial charge in [0, 0.05) is 37.2 Å². The predicted octanol–water partition coefficient (Wildman–Crippen LogP) is 3.35. The molecule has 0 unspecified atom stereocenters. The van der Waals surface area contributed by atoms with E-state index in [0.29, 0.717) is 12.7 Å². The van der Waals surface area contributed by atoms with Crippen molar-refractivity contribution in [3.63, 3.8) is 0 Å². The summed E-state index contributed by atoms with van der Waals surface area (Å²) in [6.07, 6.45) is 6.29. The van der Waals surface area contributed by atoms with Crippen molar-refractivity contribution in [3.05, 3.63) is 59.6 Å². The van der Waals surface area contributed by atoms with Crippen molar-refractivity contribution in [2.75, 3.05) is 29.7 Å². The van der Waals surface area contributed by atoms with Crippen molar-refractivity contribution in [2.45, 2.75) is 38.3 Å². The highest BCUT2D eigenvalue weighted by Crippen LogP contribution is 2.41. The number of fused-ring (bicyclic) bond motifs is 3. The van der Waals surface area contributed by atoms with Crippen LogP contribution in [0.15, 0.2) is 53.4 Å². The SMILES string of the molecule is CC(C)(O)c1ccc(C2=NCN3C2=CN(C2CCOCC2)c2[nH]ccc23)cc1. The number of aliphatic imine (C=N–C) groups is 1. The second-order valence-electron chi connectivity index (χ2n) is 8.19. The normalized spacial score (nSPS) is 20.0. The first-order valence-electron chi connectivity index (χ1n) is 9.93. The van der Waals surface area contributed by atoms with Crippen LogP contribution in [-0.2, 0) is 10.3 Å². The van der Waals surface area contributed by atoms with Crippen LogP contribution in [0, 0.1) is 0 Å². The molecule has 0 atom stereocenters. The molecule has 4 heterocycles. The highest BCUT2D eigenvalue weighted by molar-refractivity contribution is 6.17. The molecule has 0 spiro atoms. The number of rotatable bonds is 3. The van der Waals surface area contributed by atoms with Crippen LogP contribution < -0.4 is 9.80 Å².